The quantitative estimate of drug-likeness (QED) is 0.778. The molecule has 0 aliphatic heterocycles. The largest absolute Gasteiger partial charge is 0.364 e. The van der Waals surface area contributed by atoms with Crippen LogP contribution in [0.3, 0.4) is 0 Å². The van der Waals surface area contributed by atoms with Crippen LogP contribution in [-0.4, -0.2) is 19.8 Å². The molecule has 15 heavy (non-hydrogen) atoms. The highest BCUT2D eigenvalue weighted by molar-refractivity contribution is 7.90. The Kier molecular flexibility index (Phi) is 2.32. The van der Waals surface area contributed by atoms with Gasteiger partial charge in [0.15, 0.2) is 9.84 Å². The number of aromatic nitrogens is 1. The first-order valence-corrected chi connectivity index (χ1v) is 6.17. The molecular formula is C10H9NO3S. The standard InChI is InChI=1S/C10H9NO3S/c1-15(12,13)9-4-2-8(3-5-9)10-6-7-14-11-10/h2-7H,1H3. The van der Waals surface area contributed by atoms with E-state index in [4.69, 9.17) is 4.52 Å². The zero-order chi connectivity index (χ0) is 10.9. The van der Waals surface area contributed by atoms with Gasteiger partial charge in [0, 0.05) is 17.9 Å². The molecule has 0 radical (unpaired) electrons. The maximum absolute atomic E-state index is 11.2. The highest BCUT2D eigenvalue weighted by Gasteiger charge is 2.07. The molecule has 0 saturated heterocycles. The summed E-state index contributed by atoms with van der Waals surface area (Å²) in [4.78, 5) is 0.301. The van der Waals surface area contributed by atoms with Crippen LogP contribution in [0, 0.1) is 0 Å². The van der Waals surface area contributed by atoms with Crippen LogP contribution in [0.5, 0.6) is 0 Å². The summed E-state index contributed by atoms with van der Waals surface area (Å²) in [5.41, 5.74) is 1.52. The van der Waals surface area contributed by atoms with Gasteiger partial charge in [-0.05, 0) is 12.1 Å². The van der Waals surface area contributed by atoms with E-state index in [1.54, 1.807) is 30.3 Å². The minimum Gasteiger partial charge on any atom is -0.364 e. The maximum atomic E-state index is 11.2. The lowest BCUT2D eigenvalue weighted by molar-refractivity contribution is 0.422. The van der Waals surface area contributed by atoms with Gasteiger partial charge in [-0.15, -0.1) is 0 Å². The molecule has 0 fully saturated rings. The minimum atomic E-state index is -3.13. The van der Waals surface area contributed by atoms with Crippen LogP contribution in [0.4, 0.5) is 0 Å². The molecule has 0 spiro atoms. The van der Waals surface area contributed by atoms with Crippen LogP contribution in [0.25, 0.3) is 11.3 Å². The van der Waals surface area contributed by atoms with Gasteiger partial charge >= 0.3 is 0 Å². The van der Waals surface area contributed by atoms with Gasteiger partial charge < -0.3 is 4.52 Å². The monoisotopic (exact) mass is 223 g/mol. The topological polar surface area (TPSA) is 60.2 Å². The molecule has 2 rings (SSSR count). The van der Waals surface area contributed by atoms with Crippen molar-refractivity contribution in [2.75, 3.05) is 6.26 Å². The first kappa shape index (κ1) is 9.92. The van der Waals surface area contributed by atoms with Crippen molar-refractivity contribution in [2.24, 2.45) is 0 Å². The molecule has 4 nitrogen and oxygen atoms in total. The Morgan fingerprint density at radius 3 is 2.27 bits per heavy atom. The van der Waals surface area contributed by atoms with E-state index in [-0.39, 0.29) is 0 Å². The van der Waals surface area contributed by atoms with Gasteiger partial charge in [-0.1, -0.05) is 17.3 Å². The average molecular weight is 223 g/mol. The smallest absolute Gasteiger partial charge is 0.175 e. The predicted octanol–water partition coefficient (Wildman–Crippen LogP) is 1.75. The molecule has 0 atom stereocenters. The molecule has 0 bridgehead atoms. The SMILES string of the molecule is CS(=O)(=O)c1ccc(-c2ccon2)cc1. The predicted molar refractivity (Wildman–Crippen MR) is 55.0 cm³/mol. The third-order valence-corrected chi connectivity index (χ3v) is 3.14. The lowest BCUT2D eigenvalue weighted by Crippen LogP contribution is -1.96. The van der Waals surface area contributed by atoms with Crippen LogP contribution >= 0.6 is 0 Å². The molecule has 0 unspecified atom stereocenters. The van der Waals surface area contributed by atoms with Crippen LogP contribution in [0.1, 0.15) is 0 Å². The number of benzene rings is 1. The van der Waals surface area contributed by atoms with Crippen LogP contribution < -0.4 is 0 Å². The van der Waals surface area contributed by atoms with Crippen molar-refractivity contribution in [3.05, 3.63) is 36.6 Å². The Labute approximate surface area is 87.4 Å². The number of sulfone groups is 1. The fraction of sp³-hybridized carbons (Fsp3) is 0.100. The number of nitrogens with zero attached hydrogens (tertiary/aromatic N) is 1. The van der Waals surface area contributed by atoms with Gasteiger partial charge in [0.25, 0.3) is 0 Å². The third-order valence-electron chi connectivity index (χ3n) is 2.02. The van der Waals surface area contributed by atoms with Crippen molar-refractivity contribution in [3.8, 4) is 11.3 Å². The zero-order valence-electron chi connectivity index (χ0n) is 8.04. The minimum absolute atomic E-state index is 0.301. The van der Waals surface area contributed by atoms with Gasteiger partial charge in [-0.2, -0.15) is 0 Å². The maximum Gasteiger partial charge on any atom is 0.175 e. The lowest BCUT2D eigenvalue weighted by Gasteiger charge is -1.99. The zero-order valence-corrected chi connectivity index (χ0v) is 8.86. The molecule has 1 aromatic heterocycles. The van der Waals surface area contributed by atoms with E-state index in [1.165, 1.54) is 12.5 Å². The van der Waals surface area contributed by atoms with E-state index in [0.29, 0.717) is 10.6 Å². The average Bonchev–Trinajstić information content (AvgIpc) is 2.69. The van der Waals surface area contributed by atoms with E-state index in [2.05, 4.69) is 5.16 Å². The summed E-state index contributed by atoms with van der Waals surface area (Å²) in [6.07, 6.45) is 2.65. The van der Waals surface area contributed by atoms with Crippen LogP contribution in [-0.2, 0) is 9.84 Å². The van der Waals surface area contributed by atoms with E-state index >= 15 is 0 Å². The second-order valence-corrected chi connectivity index (χ2v) is 5.20. The Morgan fingerprint density at radius 1 is 1.13 bits per heavy atom. The van der Waals surface area contributed by atoms with Crippen molar-refractivity contribution in [1.29, 1.82) is 0 Å². The van der Waals surface area contributed by atoms with Gasteiger partial charge in [0.05, 0.1) is 4.90 Å². The fourth-order valence-electron chi connectivity index (χ4n) is 1.23. The van der Waals surface area contributed by atoms with Gasteiger partial charge in [-0.25, -0.2) is 8.42 Å². The van der Waals surface area contributed by atoms with E-state index in [0.717, 1.165) is 5.56 Å². The Bertz CT molecular complexity index is 541. The summed E-state index contributed by atoms with van der Waals surface area (Å²) in [6, 6.07) is 8.23. The summed E-state index contributed by atoms with van der Waals surface area (Å²) in [7, 11) is -3.13. The van der Waals surface area contributed by atoms with E-state index in [9.17, 15) is 8.42 Å². The van der Waals surface area contributed by atoms with Gasteiger partial charge in [0.2, 0.25) is 0 Å². The lowest BCUT2D eigenvalue weighted by atomic mass is 10.2. The molecule has 2 aromatic rings. The molecule has 0 saturated carbocycles. The van der Waals surface area contributed by atoms with Crippen molar-refractivity contribution in [2.45, 2.75) is 4.90 Å². The Balaban J connectivity index is 2.42. The molecule has 5 heteroatoms. The molecule has 1 aromatic carbocycles. The second kappa shape index (κ2) is 3.51. The second-order valence-electron chi connectivity index (χ2n) is 3.18. The molecule has 0 aliphatic carbocycles. The summed E-state index contributed by atoms with van der Waals surface area (Å²) in [6.45, 7) is 0. The molecule has 0 amide bonds. The summed E-state index contributed by atoms with van der Waals surface area (Å²) in [5.74, 6) is 0. The fourth-order valence-corrected chi connectivity index (χ4v) is 1.86. The van der Waals surface area contributed by atoms with Crippen molar-refractivity contribution >= 4 is 9.84 Å². The van der Waals surface area contributed by atoms with Crippen LogP contribution in [0.15, 0.2) is 46.0 Å². The normalized spacial score (nSPS) is 11.5. The highest BCUT2D eigenvalue weighted by atomic mass is 32.2. The first-order chi connectivity index (χ1) is 7.07. The molecule has 0 N–H and O–H groups in total. The Morgan fingerprint density at radius 2 is 1.80 bits per heavy atom. The summed E-state index contributed by atoms with van der Waals surface area (Å²) >= 11 is 0. The number of rotatable bonds is 2. The summed E-state index contributed by atoms with van der Waals surface area (Å²) < 4.78 is 27.1. The van der Waals surface area contributed by atoms with E-state index < -0.39 is 9.84 Å². The number of hydrogen-bond donors (Lipinski definition) is 0. The number of hydrogen-bond acceptors (Lipinski definition) is 4. The molecule has 1 heterocycles. The first-order valence-electron chi connectivity index (χ1n) is 4.28. The molecule has 0 aliphatic rings. The molecular weight excluding hydrogens is 214 g/mol. The molecule has 78 valence electrons. The summed E-state index contributed by atoms with van der Waals surface area (Å²) in [5, 5.41) is 3.75. The third kappa shape index (κ3) is 2.07. The van der Waals surface area contributed by atoms with E-state index in [1.807, 2.05) is 0 Å². The van der Waals surface area contributed by atoms with Gasteiger partial charge in [0.1, 0.15) is 12.0 Å². The van der Waals surface area contributed by atoms with Crippen molar-refractivity contribution < 1.29 is 12.9 Å². The highest BCUT2D eigenvalue weighted by Crippen LogP contribution is 2.19. The van der Waals surface area contributed by atoms with Gasteiger partial charge in [-0.3, -0.25) is 0 Å². The van der Waals surface area contributed by atoms with Crippen LogP contribution in [0.2, 0.25) is 0 Å². The van der Waals surface area contributed by atoms with Crippen molar-refractivity contribution in [3.63, 3.8) is 0 Å². The Hall–Kier alpha value is -1.62. The van der Waals surface area contributed by atoms with Crippen molar-refractivity contribution in [1.82, 2.24) is 5.16 Å².